The molecule has 2 N–H and O–H groups in total. The summed E-state index contributed by atoms with van der Waals surface area (Å²) in [7, 11) is 1.88. The van der Waals surface area contributed by atoms with Gasteiger partial charge in [-0.3, -0.25) is 4.79 Å². The third kappa shape index (κ3) is 8.46. The monoisotopic (exact) mass is 286 g/mol. The summed E-state index contributed by atoms with van der Waals surface area (Å²) in [5, 5.41) is 5.84. The number of nitrogens with one attached hydrogen (secondary N) is 2. The van der Waals surface area contributed by atoms with E-state index in [1.165, 1.54) is 5.56 Å². The molecule has 0 fully saturated rings. The van der Waals surface area contributed by atoms with Crippen molar-refractivity contribution in [2.45, 2.75) is 19.8 Å². The first kappa shape index (κ1) is 17.7. The second-order valence-corrected chi connectivity index (χ2v) is 4.22. The Labute approximate surface area is 121 Å². The van der Waals surface area contributed by atoms with Crippen LogP contribution in [0.15, 0.2) is 24.3 Å². The van der Waals surface area contributed by atoms with Crippen molar-refractivity contribution in [2.24, 2.45) is 0 Å². The average Bonchev–Trinajstić information content (AvgIpc) is 2.37. The van der Waals surface area contributed by atoms with E-state index < -0.39 is 0 Å². The number of amides is 1. The average molecular weight is 287 g/mol. The zero-order valence-electron chi connectivity index (χ0n) is 11.6. The van der Waals surface area contributed by atoms with E-state index in [1.807, 2.05) is 38.2 Å². The fraction of sp³-hybridized carbons (Fsp3) is 0.500. The molecule has 5 heteroatoms. The topological polar surface area (TPSA) is 50.4 Å². The number of hydrogen-bond acceptors (Lipinski definition) is 3. The number of hydrogen-bond donors (Lipinski definition) is 2. The lowest BCUT2D eigenvalue weighted by Gasteiger charge is -2.08. The SMILES string of the molecule is CNCCCC(=O)NCCOc1ccc(C)cc1.Cl. The van der Waals surface area contributed by atoms with Crippen molar-refractivity contribution in [3.8, 4) is 5.75 Å². The van der Waals surface area contributed by atoms with Crippen molar-refractivity contribution in [1.82, 2.24) is 10.6 Å². The minimum atomic E-state index is 0. The Morgan fingerprint density at radius 3 is 2.53 bits per heavy atom. The quantitative estimate of drug-likeness (QED) is 0.718. The number of ether oxygens (including phenoxy) is 1. The summed E-state index contributed by atoms with van der Waals surface area (Å²) in [6.07, 6.45) is 1.42. The molecule has 0 heterocycles. The molecule has 1 rings (SSSR count). The molecule has 0 aliphatic carbocycles. The maximum atomic E-state index is 11.4. The zero-order chi connectivity index (χ0) is 13.2. The van der Waals surface area contributed by atoms with E-state index >= 15 is 0 Å². The van der Waals surface area contributed by atoms with Crippen LogP contribution in [-0.2, 0) is 4.79 Å². The first-order valence-corrected chi connectivity index (χ1v) is 6.33. The highest BCUT2D eigenvalue weighted by Crippen LogP contribution is 2.10. The van der Waals surface area contributed by atoms with Crippen LogP contribution >= 0.6 is 12.4 Å². The fourth-order valence-corrected chi connectivity index (χ4v) is 1.51. The van der Waals surface area contributed by atoms with Gasteiger partial charge in [0.15, 0.2) is 0 Å². The molecule has 0 saturated carbocycles. The van der Waals surface area contributed by atoms with Crippen molar-refractivity contribution in [1.29, 1.82) is 0 Å². The van der Waals surface area contributed by atoms with E-state index in [0.29, 0.717) is 19.6 Å². The summed E-state index contributed by atoms with van der Waals surface area (Å²) in [4.78, 5) is 11.4. The van der Waals surface area contributed by atoms with Gasteiger partial charge in [0.1, 0.15) is 12.4 Å². The number of carbonyl (C=O) groups excluding carboxylic acids is 1. The van der Waals surface area contributed by atoms with Crippen LogP contribution in [0, 0.1) is 6.92 Å². The third-order valence-corrected chi connectivity index (χ3v) is 2.54. The molecule has 0 unspecified atom stereocenters. The van der Waals surface area contributed by atoms with E-state index in [0.717, 1.165) is 18.7 Å². The Balaban J connectivity index is 0.00000324. The van der Waals surface area contributed by atoms with E-state index in [1.54, 1.807) is 0 Å². The minimum absolute atomic E-state index is 0. The lowest BCUT2D eigenvalue weighted by atomic mass is 10.2. The summed E-state index contributed by atoms with van der Waals surface area (Å²) in [5.74, 6) is 0.919. The van der Waals surface area contributed by atoms with Crippen LogP contribution in [0.5, 0.6) is 5.75 Å². The van der Waals surface area contributed by atoms with Gasteiger partial charge in [0.2, 0.25) is 5.91 Å². The van der Waals surface area contributed by atoms with Gasteiger partial charge in [-0.1, -0.05) is 17.7 Å². The first-order valence-electron chi connectivity index (χ1n) is 6.33. The number of rotatable bonds is 8. The molecule has 0 aromatic heterocycles. The van der Waals surface area contributed by atoms with Crippen molar-refractivity contribution in [3.05, 3.63) is 29.8 Å². The molecule has 0 radical (unpaired) electrons. The predicted octanol–water partition coefficient (Wildman–Crippen LogP) is 1.91. The highest BCUT2D eigenvalue weighted by atomic mass is 35.5. The van der Waals surface area contributed by atoms with Crippen molar-refractivity contribution < 1.29 is 9.53 Å². The molecular formula is C14H23ClN2O2. The van der Waals surface area contributed by atoms with Crippen molar-refractivity contribution in [3.63, 3.8) is 0 Å². The van der Waals surface area contributed by atoms with E-state index in [9.17, 15) is 4.79 Å². The van der Waals surface area contributed by atoms with E-state index in [-0.39, 0.29) is 18.3 Å². The van der Waals surface area contributed by atoms with Gasteiger partial charge in [0.25, 0.3) is 0 Å². The molecule has 1 amide bonds. The first-order chi connectivity index (χ1) is 8.72. The van der Waals surface area contributed by atoms with E-state index in [4.69, 9.17) is 4.74 Å². The molecule has 4 nitrogen and oxygen atoms in total. The second kappa shape index (κ2) is 10.6. The van der Waals surface area contributed by atoms with Gasteiger partial charge in [-0.25, -0.2) is 0 Å². The van der Waals surface area contributed by atoms with Gasteiger partial charge in [-0.05, 0) is 39.1 Å². The predicted molar refractivity (Wildman–Crippen MR) is 80.1 cm³/mol. The molecule has 1 aromatic rings. The normalized spacial score (nSPS) is 9.58. The van der Waals surface area contributed by atoms with Gasteiger partial charge in [-0.15, -0.1) is 12.4 Å². The summed E-state index contributed by atoms with van der Waals surface area (Å²) < 4.78 is 5.51. The molecular weight excluding hydrogens is 264 g/mol. The minimum Gasteiger partial charge on any atom is -0.492 e. The molecule has 0 saturated heterocycles. The Kier molecular flexibility index (Phi) is 9.94. The number of aryl methyl sites for hydroxylation is 1. The highest BCUT2D eigenvalue weighted by Gasteiger charge is 1.99. The van der Waals surface area contributed by atoms with E-state index in [2.05, 4.69) is 10.6 Å². The summed E-state index contributed by atoms with van der Waals surface area (Å²) in [6.45, 7) is 3.95. The van der Waals surface area contributed by atoms with Crippen LogP contribution in [0.2, 0.25) is 0 Å². The molecule has 0 aliphatic heterocycles. The Bertz CT molecular complexity index is 355. The largest absolute Gasteiger partial charge is 0.492 e. The molecule has 0 spiro atoms. The molecule has 108 valence electrons. The van der Waals surface area contributed by atoms with Crippen LogP contribution in [0.1, 0.15) is 18.4 Å². The summed E-state index contributed by atoms with van der Waals surface area (Å²) in [5.41, 5.74) is 1.21. The second-order valence-electron chi connectivity index (χ2n) is 4.22. The smallest absolute Gasteiger partial charge is 0.220 e. The van der Waals surface area contributed by atoms with Gasteiger partial charge < -0.3 is 15.4 Å². The van der Waals surface area contributed by atoms with Gasteiger partial charge in [0, 0.05) is 6.42 Å². The summed E-state index contributed by atoms with van der Waals surface area (Å²) >= 11 is 0. The van der Waals surface area contributed by atoms with Crippen LogP contribution in [-0.4, -0.2) is 32.7 Å². The van der Waals surface area contributed by atoms with Gasteiger partial charge in [-0.2, -0.15) is 0 Å². The molecule has 1 aromatic carbocycles. The maximum Gasteiger partial charge on any atom is 0.220 e. The third-order valence-electron chi connectivity index (χ3n) is 2.54. The fourth-order valence-electron chi connectivity index (χ4n) is 1.51. The highest BCUT2D eigenvalue weighted by molar-refractivity contribution is 5.85. The van der Waals surface area contributed by atoms with Crippen LogP contribution < -0.4 is 15.4 Å². The lowest BCUT2D eigenvalue weighted by molar-refractivity contribution is -0.121. The van der Waals surface area contributed by atoms with Crippen LogP contribution in [0.3, 0.4) is 0 Å². The Morgan fingerprint density at radius 1 is 1.21 bits per heavy atom. The Hall–Kier alpha value is -1.26. The summed E-state index contributed by atoms with van der Waals surface area (Å²) in [6, 6.07) is 7.88. The van der Waals surface area contributed by atoms with Crippen molar-refractivity contribution in [2.75, 3.05) is 26.7 Å². The number of carbonyl (C=O) groups is 1. The Morgan fingerprint density at radius 2 is 1.89 bits per heavy atom. The maximum absolute atomic E-state index is 11.4. The molecule has 0 bridgehead atoms. The number of halogens is 1. The standard InChI is InChI=1S/C14H22N2O2.ClH/c1-12-5-7-13(8-6-12)18-11-10-16-14(17)4-3-9-15-2;/h5-8,15H,3-4,9-11H2,1-2H3,(H,16,17);1H. The van der Waals surface area contributed by atoms with Crippen LogP contribution in [0.25, 0.3) is 0 Å². The van der Waals surface area contributed by atoms with Gasteiger partial charge >= 0.3 is 0 Å². The zero-order valence-corrected chi connectivity index (χ0v) is 12.4. The molecule has 19 heavy (non-hydrogen) atoms. The molecule has 0 atom stereocenters. The van der Waals surface area contributed by atoms with Gasteiger partial charge in [0.05, 0.1) is 6.54 Å². The van der Waals surface area contributed by atoms with Crippen LogP contribution in [0.4, 0.5) is 0 Å². The number of benzene rings is 1. The van der Waals surface area contributed by atoms with Crippen molar-refractivity contribution >= 4 is 18.3 Å². The lowest BCUT2D eigenvalue weighted by Crippen LogP contribution is -2.28. The molecule has 0 aliphatic rings.